The van der Waals surface area contributed by atoms with Crippen LogP contribution in [0.1, 0.15) is 108 Å². The molecule has 0 saturated heterocycles. The number of unbranched alkanes of at least 4 members (excludes halogenated alkanes) is 3. The van der Waals surface area contributed by atoms with Crippen LogP contribution in [0.25, 0.3) is 0 Å². The molecule has 0 bridgehead atoms. The second-order valence-electron chi connectivity index (χ2n) is 11.0. The van der Waals surface area contributed by atoms with Gasteiger partial charge in [0.2, 0.25) is 0 Å². The average Bonchev–Trinajstić information content (AvgIpc) is 2.82. The molecule has 1 unspecified atom stereocenters. The van der Waals surface area contributed by atoms with Crippen LogP contribution in [0.15, 0.2) is 48.5 Å². The van der Waals surface area contributed by atoms with Gasteiger partial charge < -0.3 is 9.84 Å². The Balaban J connectivity index is 1.91. The average molecular weight is 465 g/mol. The highest BCUT2D eigenvalue weighted by atomic mass is 16.5. The van der Waals surface area contributed by atoms with Crippen LogP contribution in [0.5, 0.6) is 5.75 Å². The van der Waals surface area contributed by atoms with Crippen LogP contribution in [0.2, 0.25) is 0 Å². The molecule has 1 aliphatic carbocycles. The predicted octanol–water partition coefficient (Wildman–Crippen LogP) is 7.74. The maximum Gasteiger partial charge on any atom is 0.133 e. The van der Waals surface area contributed by atoms with Crippen molar-refractivity contribution in [1.29, 1.82) is 0 Å². The minimum Gasteiger partial charge on any atom is -0.489 e. The maximum atomic E-state index is 12.5. The fraction of sp³-hybridized carbons (Fsp3) is 0.581. The summed E-state index contributed by atoms with van der Waals surface area (Å²) in [5.74, 6) is 1.62. The van der Waals surface area contributed by atoms with Crippen LogP contribution in [0.3, 0.4) is 0 Å². The molecule has 0 radical (unpaired) electrons. The van der Waals surface area contributed by atoms with E-state index in [4.69, 9.17) is 4.74 Å². The first-order valence-corrected chi connectivity index (χ1v) is 13.3. The van der Waals surface area contributed by atoms with E-state index in [-0.39, 0.29) is 17.4 Å². The molecule has 1 saturated carbocycles. The number of Topliss-reactive ketones (excluding diaryl/α,β-unsaturated/α-hetero) is 1. The van der Waals surface area contributed by atoms with Crippen molar-refractivity contribution in [2.75, 3.05) is 0 Å². The summed E-state index contributed by atoms with van der Waals surface area (Å²) in [6.07, 6.45) is 8.57. The van der Waals surface area contributed by atoms with Gasteiger partial charge in [0.05, 0.1) is 6.10 Å². The lowest BCUT2D eigenvalue weighted by molar-refractivity contribution is -0.121. The summed E-state index contributed by atoms with van der Waals surface area (Å²) in [6.45, 7) is 9.27. The summed E-state index contributed by atoms with van der Waals surface area (Å²) in [6, 6.07) is 17.0. The molecule has 186 valence electrons. The third-order valence-corrected chi connectivity index (χ3v) is 7.54. The van der Waals surface area contributed by atoms with Gasteiger partial charge in [-0.2, -0.15) is 0 Å². The zero-order valence-corrected chi connectivity index (χ0v) is 21.7. The van der Waals surface area contributed by atoms with E-state index in [0.717, 1.165) is 36.1 Å². The minimum absolute atomic E-state index is 0.0680. The molecule has 0 heterocycles. The van der Waals surface area contributed by atoms with Crippen molar-refractivity contribution in [2.24, 2.45) is 5.92 Å². The van der Waals surface area contributed by atoms with E-state index < -0.39 is 0 Å². The third-order valence-electron chi connectivity index (χ3n) is 7.54. The Kier molecular flexibility index (Phi) is 9.76. The van der Waals surface area contributed by atoms with Crippen LogP contribution < -0.4 is 4.74 Å². The van der Waals surface area contributed by atoms with Crippen LogP contribution in [0, 0.1) is 5.92 Å². The molecule has 2 aromatic carbocycles. The van der Waals surface area contributed by atoms with E-state index in [1.165, 1.54) is 31.2 Å². The molecule has 0 aromatic heterocycles. The van der Waals surface area contributed by atoms with Crippen molar-refractivity contribution in [3.05, 3.63) is 65.2 Å². The molecule has 3 nitrogen and oxygen atoms in total. The van der Waals surface area contributed by atoms with E-state index in [1.807, 2.05) is 25.1 Å². The van der Waals surface area contributed by atoms with Gasteiger partial charge in [-0.15, -0.1) is 0 Å². The summed E-state index contributed by atoms with van der Waals surface area (Å²) < 4.78 is 6.47. The Hall–Kier alpha value is -2.13. The molecular formula is C31H44O3. The van der Waals surface area contributed by atoms with Gasteiger partial charge in [0.15, 0.2) is 0 Å². The van der Waals surface area contributed by atoms with Crippen molar-refractivity contribution < 1.29 is 14.6 Å². The molecule has 3 atom stereocenters. The molecule has 3 heteroatoms. The lowest BCUT2D eigenvalue weighted by Gasteiger charge is -2.34. The standard InChI is InChI=1S/C31H44O3/c1-5-6-7-11-18-31(3,4)26-15-17-28(29-21-27(33)16-14-25(29)19-23(2)32)30(20-26)34-22-24-12-9-8-10-13-24/h8-10,12-13,15,17,20,23,25,29,32H,5-7,11,14,16,18-19,21-22H2,1-4H3/t23?,25-,29+/m1/s1. The molecule has 2 aromatic rings. The van der Waals surface area contributed by atoms with E-state index in [1.54, 1.807) is 0 Å². The van der Waals surface area contributed by atoms with Gasteiger partial charge in [-0.25, -0.2) is 0 Å². The number of hydrogen-bond acceptors (Lipinski definition) is 3. The monoisotopic (exact) mass is 464 g/mol. The number of hydrogen-bond donors (Lipinski definition) is 1. The first-order valence-electron chi connectivity index (χ1n) is 13.3. The SMILES string of the molecule is CCCCCCC(C)(C)c1ccc([C@H]2CC(=O)CC[C@@H]2CC(C)O)c(OCc2ccccc2)c1. The van der Waals surface area contributed by atoms with Crippen molar-refractivity contribution in [2.45, 2.75) is 110 Å². The Morgan fingerprint density at radius 1 is 1.09 bits per heavy atom. The van der Waals surface area contributed by atoms with E-state index in [9.17, 15) is 9.90 Å². The molecule has 34 heavy (non-hydrogen) atoms. The van der Waals surface area contributed by atoms with E-state index in [2.05, 4.69) is 51.1 Å². The lowest BCUT2D eigenvalue weighted by Crippen LogP contribution is -2.27. The Morgan fingerprint density at radius 3 is 2.56 bits per heavy atom. The number of carbonyl (C=O) groups is 1. The normalized spacial score (nSPS) is 19.7. The molecule has 1 N–H and O–H groups in total. The molecular weight excluding hydrogens is 420 g/mol. The van der Waals surface area contributed by atoms with Gasteiger partial charge in [-0.3, -0.25) is 4.79 Å². The molecule has 0 spiro atoms. The van der Waals surface area contributed by atoms with Crippen molar-refractivity contribution in [3.8, 4) is 5.75 Å². The summed E-state index contributed by atoms with van der Waals surface area (Å²) in [5, 5.41) is 10.1. The van der Waals surface area contributed by atoms with Gasteiger partial charge in [0.25, 0.3) is 0 Å². The second kappa shape index (κ2) is 12.5. The molecule has 0 amide bonds. The molecule has 3 rings (SSSR count). The topological polar surface area (TPSA) is 46.5 Å². The third kappa shape index (κ3) is 7.43. The number of rotatable bonds is 12. The molecule has 1 aliphatic rings. The van der Waals surface area contributed by atoms with Gasteiger partial charge in [0.1, 0.15) is 18.1 Å². The van der Waals surface area contributed by atoms with Gasteiger partial charge in [-0.05, 0) is 66.2 Å². The van der Waals surface area contributed by atoms with Gasteiger partial charge >= 0.3 is 0 Å². The Bertz CT molecular complexity index is 900. The van der Waals surface area contributed by atoms with Crippen LogP contribution >= 0.6 is 0 Å². The van der Waals surface area contributed by atoms with Crippen molar-refractivity contribution in [3.63, 3.8) is 0 Å². The summed E-state index contributed by atoms with van der Waals surface area (Å²) in [4.78, 5) is 12.5. The maximum absolute atomic E-state index is 12.5. The smallest absolute Gasteiger partial charge is 0.133 e. The van der Waals surface area contributed by atoms with Crippen LogP contribution in [-0.2, 0) is 16.8 Å². The van der Waals surface area contributed by atoms with Crippen LogP contribution in [0.4, 0.5) is 0 Å². The zero-order chi connectivity index (χ0) is 24.6. The molecule has 0 aliphatic heterocycles. The lowest BCUT2D eigenvalue weighted by atomic mass is 9.71. The highest BCUT2D eigenvalue weighted by Gasteiger charge is 2.34. The van der Waals surface area contributed by atoms with Gasteiger partial charge in [-0.1, -0.05) is 88.9 Å². The fourth-order valence-electron chi connectivity index (χ4n) is 5.41. The van der Waals surface area contributed by atoms with E-state index in [0.29, 0.717) is 31.1 Å². The summed E-state index contributed by atoms with van der Waals surface area (Å²) in [5.41, 5.74) is 3.63. The summed E-state index contributed by atoms with van der Waals surface area (Å²) >= 11 is 0. The van der Waals surface area contributed by atoms with Crippen molar-refractivity contribution in [1.82, 2.24) is 0 Å². The zero-order valence-electron chi connectivity index (χ0n) is 21.7. The van der Waals surface area contributed by atoms with Crippen LogP contribution in [-0.4, -0.2) is 17.0 Å². The fourth-order valence-corrected chi connectivity index (χ4v) is 5.41. The Morgan fingerprint density at radius 2 is 1.85 bits per heavy atom. The van der Waals surface area contributed by atoms with Crippen molar-refractivity contribution >= 4 is 5.78 Å². The first kappa shape index (κ1) is 26.5. The Labute approximate surface area is 206 Å². The first-order chi connectivity index (χ1) is 16.3. The molecule has 1 fully saturated rings. The van der Waals surface area contributed by atoms with E-state index >= 15 is 0 Å². The summed E-state index contributed by atoms with van der Waals surface area (Å²) in [7, 11) is 0. The number of ether oxygens (including phenoxy) is 1. The largest absolute Gasteiger partial charge is 0.489 e. The number of carbonyl (C=O) groups excluding carboxylic acids is 1. The predicted molar refractivity (Wildman–Crippen MR) is 140 cm³/mol. The quantitative estimate of drug-likeness (QED) is 0.327. The highest BCUT2D eigenvalue weighted by molar-refractivity contribution is 5.80. The van der Waals surface area contributed by atoms with Gasteiger partial charge in [0, 0.05) is 12.8 Å². The number of aliphatic hydroxyl groups is 1. The second-order valence-corrected chi connectivity index (χ2v) is 11.0. The number of aliphatic hydroxyl groups excluding tert-OH is 1. The minimum atomic E-state index is -0.365. The number of ketones is 1. The highest BCUT2D eigenvalue weighted by Crippen LogP contribution is 2.44. The number of benzene rings is 2.